The fraction of sp³-hybridized carbons (Fsp3) is 0.333. The highest BCUT2D eigenvalue weighted by atomic mass is 19.1. The molecular weight excluding hydrogens is 475 g/mol. The Morgan fingerprint density at radius 2 is 1.89 bits per heavy atom. The van der Waals surface area contributed by atoms with E-state index in [0.717, 1.165) is 40.7 Å². The molecule has 2 aliphatic heterocycles. The number of hydrogen-bond acceptors (Lipinski definition) is 6. The zero-order valence-electron chi connectivity index (χ0n) is 21.0. The summed E-state index contributed by atoms with van der Waals surface area (Å²) in [6.07, 6.45) is 1.76. The van der Waals surface area contributed by atoms with E-state index in [1.54, 1.807) is 24.3 Å². The van der Waals surface area contributed by atoms with Gasteiger partial charge in [0.05, 0.1) is 25.7 Å². The van der Waals surface area contributed by atoms with Gasteiger partial charge in [-0.25, -0.2) is 4.39 Å². The summed E-state index contributed by atoms with van der Waals surface area (Å²) in [4.78, 5) is 24.7. The first-order valence-corrected chi connectivity index (χ1v) is 12.4. The maximum absolute atomic E-state index is 14.8. The number of carbonyl (C=O) groups is 2. The second-order valence-corrected chi connectivity index (χ2v) is 10.1. The molecule has 7 heteroatoms. The normalized spacial score (nSPS) is 18.2. The monoisotopic (exact) mass is 502 g/mol. The molecule has 0 unspecified atom stereocenters. The molecule has 3 aliphatic rings. The van der Waals surface area contributed by atoms with Crippen molar-refractivity contribution in [1.29, 1.82) is 0 Å². The van der Waals surface area contributed by atoms with Crippen LogP contribution in [0.15, 0.2) is 42.5 Å². The highest BCUT2D eigenvalue weighted by Crippen LogP contribution is 2.52. The summed E-state index contributed by atoms with van der Waals surface area (Å²) < 4.78 is 37.2. The van der Waals surface area contributed by atoms with Crippen LogP contribution in [0.4, 0.5) is 4.39 Å². The predicted octanol–water partition coefficient (Wildman–Crippen LogP) is 5.84. The minimum atomic E-state index is -0.654. The number of hydrogen-bond donors (Lipinski definition) is 0. The van der Waals surface area contributed by atoms with E-state index in [4.69, 9.17) is 18.9 Å². The molecule has 0 N–H and O–H groups in total. The quantitative estimate of drug-likeness (QED) is 0.395. The van der Waals surface area contributed by atoms with Crippen molar-refractivity contribution in [2.24, 2.45) is 0 Å². The van der Waals surface area contributed by atoms with Gasteiger partial charge in [0.15, 0.2) is 5.60 Å². The van der Waals surface area contributed by atoms with Gasteiger partial charge in [0.25, 0.3) is 0 Å². The van der Waals surface area contributed by atoms with Gasteiger partial charge in [-0.15, -0.1) is 0 Å². The molecule has 37 heavy (non-hydrogen) atoms. The van der Waals surface area contributed by atoms with Crippen molar-refractivity contribution in [2.75, 3.05) is 13.7 Å². The lowest BCUT2D eigenvalue weighted by Gasteiger charge is -2.15. The SMILES string of the molecule is COC(=O)C[C@@H]1COc2cc(OCc3cc(-c4c(C)cc5c(c4C)C(=O)C4(CC4)O5)ccc3F)ccc21. The van der Waals surface area contributed by atoms with Crippen LogP contribution in [0.2, 0.25) is 0 Å². The fourth-order valence-corrected chi connectivity index (χ4v) is 5.48. The lowest BCUT2D eigenvalue weighted by atomic mass is 9.89. The maximum Gasteiger partial charge on any atom is 0.306 e. The molecular formula is C30H27FO6. The number of aryl methyl sites for hydroxylation is 1. The summed E-state index contributed by atoms with van der Waals surface area (Å²) in [5.74, 6) is 1.20. The Hall–Kier alpha value is -3.87. The second-order valence-electron chi connectivity index (χ2n) is 10.1. The van der Waals surface area contributed by atoms with Gasteiger partial charge in [-0.2, -0.15) is 0 Å². The Morgan fingerprint density at radius 3 is 2.65 bits per heavy atom. The van der Waals surface area contributed by atoms with Crippen LogP contribution in [-0.2, 0) is 16.1 Å². The number of carbonyl (C=O) groups excluding carboxylic acids is 2. The highest BCUT2D eigenvalue weighted by molar-refractivity contribution is 6.11. The van der Waals surface area contributed by atoms with Crippen molar-refractivity contribution in [1.82, 2.24) is 0 Å². The third kappa shape index (κ3) is 3.93. The van der Waals surface area contributed by atoms with E-state index in [-0.39, 0.29) is 36.5 Å². The van der Waals surface area contributed by atoms with Crippen molar-refractivity contribution in [2.45, 2.75) is 51.2 Å². The molecule has 1 saturated carbocycles. The van der Waals surface area contributed by atoms with Gasteiger partial charge in [0.2, 0.25) is 5.78 Å². The third-order valence-corrected chi connectivity index (χ3v) is 7.62. The van der Waals surface area contributed by atoms with E-state index in [9.17, 15) is 14.0 Å². The molecule has 1 aliphatic carbocycles. The number of ketones is 1. The predicted molar refractivity (Wildman–Crippen MR) is 134 cm³/mol. The Kier molecular flexibility index (Phi) is 5.48. The maximum atomic E-state index is 14.8. The molecule has 1 fully saturated rings. The lowest BCUT2D eigenvalue weighted by Crippen LogP contribution is -2.22. The van der Waals surface area contributed by atoms with Gasteiger partial charge in [-0.05, 0) is 73.2 Å². The summed E-state index contributed by atoms with van der Waals surface area (Å²) in [5, 5.41) is 0. The Morgan fingerprint density at radius 1 is 1.08 bits per heavy atom. The average molecular weight is 503 g/mol. The number of methoxy groups -OCH3 is 1. The van der Waals surface area contributed by atoms with Crippen molar-refractivity contribution < 1.29 is 32.9 Å². The number of halogens is 1. The van der Waals surface area contributed by atoms with Crippen molar-refractivity contribution in [3.8, 4) is 28.4 Å². The molecule has 190 valence electrons. The Labute approximate surface area is 214 Å². The van der Waals surface area contributed by atoms with Crippen LogP contribution in [0.25, 0.3) is 11.1 Å². The fourth-order valence-electron chi connectivity index (χ4n) is 5.48. The van der Waals surface area contributed by atoms with Gasteiger partial charge < -0.3 is 18.9 Å². The molecule has 0 saturated heterocycles. The van der Waals surface area contributed by atoms with E-state index in [0.29, 0.717) is 35.0 Å². The summed E-state index contributed by atoms with van der Waals surface area (Å²) in [7, 11) is 1.37. The summed E-state index contributed by atoms with van der Waals surface area (Å²) in [6, 6.07) is 12.3. The third-order valence-electron chi connectivity index (χ3n) is 7.62. The molecule has 1 spiro atoms. The van der Waals surface area contributed by atoms with E-state index in [1.807, 2.05) is 26.0 Å². The van der Waals surface area contributed by atoms with Crippen LogP contribution in [0.5, 0.6) is 17.2 Å². The molecule has 0 bridgehead atoms. The van der Waals surface area contributed by atoms with Gasteiger partial charge in [0.1, 0.15) is 29.7 Å². The first-order chi connectivity index (χ1) is 17.8. The molecule has 6 rings (SSSR count). The molecule has 2 heterocycles. The van der Waals surface area contributed by atoms with Crippen LogP contribution in [0, 0.1) is 19.7 Å². The van der Waals surface area contributed by atoms with Crippen molar-refractivity contribution in [3.63, 3.8) is 0 Å². The van der Waals surface area contributed by atoms with Gasteiger partial charge >= 0.3 is 5.97 Å². The standard InChI is InChI=1S/C30H27FO6/c1-16-10-25-28(29(33)30(37-25)8-9-30)17(2)27(16)18-4-7-23(31)20(11-18)15-35-21-5-6-22-19(12-26(32)34-3)14-36-24(22)13-21/h4-7,10-11,13,19H,8-9,12,14-15H2,1-3H3/t19-/m1/s1. The molecule has 0 radical (unpaired) electrons. The van der Waals surface area contributed by atoms with Crippen molar-refractivity contribution >= 4 is 11.8 Å². The van der Waals surface area contributed by atoms with E-state index in [2.05, 4.69) is 0 Å². The summed E-state index contributed by atoms with van der Waals surface area (Å²) in [6.45, 7) is 4.34. The molecule has 3 aromatic rings. The number of Topliss-reactive ketones (excluding diaryl/α,β-unsaturated/α-hetero) is 1. The average Bonchev–Trinajstić information content (AvgIpc) is 3.47. The topological polar surface area (TPSA) is 71.1 Å². The number of esters is 1. The molecule has 1 atom stereocenters. The number of benzene rings is 3. The zero-order valence-corrected chi connectivity index (χ0v) is 21.0. The van der Waals surface area contributed by atoms with Gasteiger partial charge in [-0.3, -0.25) is 9.59 Å². The first kappa shape index (κ1) is 23.5. The zero-order chi connectivity index (χ0) is 25.9. The van der Waals surface area contributed by atoms with Crippen LogP contribution in [-0.4, -0.2) is 31.1 Å². The Balaban J connectivity index is 1.24. The van der Waals surface area contributed by atoms with Crippen LogP contribution in [0.3, 0.4) is 0 Å². The number of fused-ring (bicyclic) bond motifs is 2. The smallest absolute Gasteiger partial charge is 0.306 e. The molecule has 0 aromatic heterocycles. The van der Waals surface area contributed by atoms with E-state index < -0.39 is 5.60 Å². The van der Waals surface area contributed by atoms with Crippen molar-refractivity contribution in [3.05, 3.63) is 76.1 Å². The molecule has 3 aromatic carbocycles. The number of ether oxygens (including phenoxy) is 4. The minimum Gasteiger partial charge on any atom is -0.492 e. The molecule has 0 amide bonds. The summed E-state index contributed by atoms with van der Waals surface area (Å²) in [5.41, 5.74) is 4.89. The highest BCUT2D eigenvalue weighted by Gasteiger charge is 2.58. The van der Waals surface area contributed by atoms with E-state index >= 15 is 0 Å². The molecule has 6 nitrogen and oxygen atoms in total. The van der Waals surface area contributed by atoms with E-state index in [1.165, 1.54) is 13.2 Å². The van der Waals surface area contributed by atoms with Crippen LogP contribution >= 0.6 is 0 Å². The first-order valence-electron chi connectivity index (χ1n) is 12.4. The largest absolute Gasteiger partial charge is 0.492 e. The van der Waals surface area contributed by atoms with Gasteiger partial charge in [-0.1, -0.05) is 12.1 Å². The summed E-state index contributed by atoms with van der Waals surface area (Å²) >= 11 is 0. The lowest BCUT2D eigenvalue weighted by molar-refractivity contribution is -0.141. The van der Waals surface area contributed by atoms with Crippen LogP contribution in [0.1, 0.15) is 57.8 Å². The minimum absolute atomic E-state index is 0.0260. The van der Waals surface area contributed by atoms with Gasteiger partial charge in [0, 0.05) is 23.1 Å². The second kappa shape index (κ2) is 8.61. The van der Waals surface area contributed by atoms with Crippen LogP contribution < -0.4 is 14.2 Å². The Bertz CT molecular complexity index is 1450. The number of rotatable bonds is 6.